The van der Waals surface area contributed by atoms with Crippen molar-refractivity contribution in [2.24, 2.45) is 5.41 Å². The van der Waals surface area contributed by atoms with Crippen molar-refractivity contribution in [2.45, 2.75) is 45.6 Å². The predicted octanol–water partition coefficient (Wildman–Crippen LogP) is 3.54. The van der Waals surface area contributed by atoms with Gasteiger partial charge in [0.25, 0.3) is 0 Å². The first-order valence-electron chi connectivity index (χ1n) is 11.1. The van der Waals surface area contributed by atoms with Gasteiger partial charge < -0.3 is 19.5 Å². The van der Waals surface area contributed by atoms with E-state index in [0.717, 1.165) is 25.8 Å². The first-order chi connectivity index (χ1) is 15.1. The van der Waals surface area contributed by atoms with Gasteiger partial charge in [0.2, 0.25) is 5.43 Å². The van der Waals surface area contributed by atoms with Crippen LogP contribution in [0.1, 0.15) is 54.6 Å². The zero-order valence-corrected chi connectivity index (χ0v) is 18.8. The zero-order valence-electron chi connectivity index (χ0n) is 18.8. The number of rotatable bonds is 7. The fraction of sp³-hybridized carbons (Fsp3) is 0.542. The van der Waals surface area contributed by atoms with E-state index in [1.165, 1.54) is 12.3 Å². The average molecular weight is 441 g/mol. The van der Waals surface area contributed by atoms with Gasteiger partial charge in [0.05, 0.1) is 17.3 Å². The lowest BCUT2D eigenvalue weighted by Crippen LogP contribution is -2.36. The van der Waals surface area contributed by atoms with E-state index in [9.17, 15) is 14.7 Å². The molecule has 2 aliphatic rings. The van der Waals surface area contributed by atoms with Crippen molar-refractivity contribution in [1.29, 1.82) is 5.26 Å². The number of hydrogen-bond donors (Lipinski definition) is 1. The van der Waals surface area contributed by atoms with Gasteiger partial charge in [-0.3, -0.25) is 4.79 Å². The quantitative estimate of drug-likeness (QED) is 0.708. The second-order valence-corrected chi connectivity index (χ2v) is 9.67. The smallest absolute Gasteiger partial charge is 0.341 e. The number of halogens is 1. The molecule has 0 amide bonds. The zero-order chi connectivity index (χ0) is 23.2. The van der Waals surface area contributed by atoms with Gasteiger partial charge in [0.1, 0.15) is 11.4 Å². The number of aromatic nitrogens is 1. The molecule has 1 aromatic heterocycles. The van der Waals surface area contributed by atoms with Gasteiger partial charge in [0.15, 0.2) is 0 Å². The second kappa shape index (κ2) is 8.21. The van der Waals surface area contributed by atoms with Gasteiger partial charge >= 0.3 is 5.97 Å². The first-order valence-corrected chi connectivity index (χ1v) is 11.1. The van der Waals surface area contributed by atoms with Crippen LogP contribution in [0, 0.1) is 29.5 Å². The molecule has 7 nitrogen and oxygen atoms in total. The molecule has 0 radical (unpaired) electrons. The number of aryl methyl sites for hydroxylation is 1. The molecule has 1 aromatic carbocycles. The van der Waals surface area contributed by atoms with Crippen LogP contribution >= 0.6 is 0 Å². The molecule has 32 heavy (non-hydrogen) atoms. The molecule has 1 saturated heterocycles. The number of benzene rings is 1. The summed E-state index contributed by atoms with van der Waals surface area (Å²) >= 11 is 0. The SMILES string of the molecule is Cc1c(N2CCC(C)(CN(C)CCC#N)C2)c(F)cc2c(=O)c(C(=O)O)cn(C3CC3)c12. The third-order valence-corrected chi connectivity index (χ3v) is 6.78. The number of fused-ring (bicyclic) bond motifs is 1. The van der Waals surface area contributed by atoms with E-state index in [1.807, 2.05) is 18.5 Å². The monoisotopic (exact) mass is 440 g/mol. The number of carboxylic acid groups (broad SMARTS) is 1. The van der Waals surface area contributed by atoms with E-state index >= 15 is 4.39 Å². The Hall–Kier alpha value is -2.92. The van der Waals surface area contributed by atoms with Crippen molar-refractivity contribution in [3.63, 3.8) is 0 Å². The van der Waals surface area contributed by atoms with E-state index in [4.69, 9.17) is 5.26 Å². The predicted molar refractivity (Wildman–Crippen MR) is 121 cm³/mol. The van der Waals surface area contributed by atoms with E-state index in [-0.39, 0.29) is 22.4 Å². The third kappa shape index (κ3) is 3.97. The highest BCUT2D eigenvalue weighted by molar-refractivity contribution is 5.95. The molecule has 1 saturated carbocycles. The lowest BCUT2D eigenvalue weighted by atomic mass is 9.89. The van der Waals surface area contributed by atoms with Crippen molar-refractivity contribution in [2.75, 3.05) is 38.1 Å². The molecule has 1 aliphatic carbocycles. The van der Waals surface area contributed by atoms with Crippen LogP contribution < -0.4 is 10.3 Å². The van der Waals surface area contributed by atoms with Gasteiger partial charge in [-0.05, 0) is 50.3 Å². The molecular weight excluding hydrogens is 411 g/mol. The fourth-order valence-corrected chi connectivity index (χ4v) is 5.17. The summed E-state index contributed by atoms with van der Waals surface area (Å²) in [5.74, 6) is -1.77. The number of pyridine rings is 1. The summed E-state index contributed by atoms with van der Waals surface area (Å²) in [5, 5.41) is 18.4. The molecule has 4 rings (SSSR count). The Balaban J connectivity index is 1.74. The van der Waals surface area contributed by atoms with Crippen LogP contribution in [0.4, 0.5) is 10.1 Å². The highest BCUT2D eigenvalue weighted by Crippen LogP contribution is 2.42. The Morgan fingerprint density at radius 2 is 2.16 bits per heavy atom. The number of nitrogens with zero attached hydrogens (tertiary/aromatic N) is 4. The van der Waals surface area contributed by atoms with E-state index in [0.29, 0.717) is 42.8 Å². The minimum atomic E-state index is -1.29. The van der Waals surface area contributed by atoms with Gasteiger partial charge in [-0.1, -0.05) is 6.92 Å². The molecule has 1 atom stereocenters. The largest absolute Gasteiger partial charge is 0.477 e. The number of carboxylic acids is 1. The van der Waals surface area contributed by atoms with Crippen molar-refractivity contribution in [1.82, 2.24) is 9.47 Å². The Morgan fingerprint density at radius 1 is 1.44 bits per heavy atom. The van der Waals surface area contributed by atoms with Crippen molar-refractivity contribution >= 4 is 22.6 Å². The molecule has 2 fully saturated rings. The summed E-state index contributed by atoms with van der Waals surface area (Å²) in [5.41, 5.74) is 0.828. The summed E-state index contributed by atoms with van der Waals surface area (Å²) in [4.78, 5) is 28.6. The van der Waals surface area contributed by atoms with Crippen molar-refractivity contribution in [3.05, 3.63) is 39.4 Å². The normalized spacial score (nSPS) is 20.8. The van der Waals surface area contributed by atoms with Crippen LogP contribution in [-0.4, -0.2) is 53.8 Å². The standard InChI is InChI=1S/C24H29FN4O3/c1-15-20-17(22(30)18(23(31)32)12-29(20)16-5-6-16)11-19(25)21(15)28-10-7-24(2,14-28)13-27(3)9-4-8-26/h11-12,16H,4-7,9-10,13-14H2,1-3H3,(H,31,32). The van der Waals surface area contributed by atoms with E-state index < -0.39 is 17.2 Å². The third-order valence-electron chi connectivity index (χ3n) is 6.78. The second-order valence-electron chi connectivity index (χ2n) is 9.67. The van der Waals surface area contributed by atoms with Gasteiger partial charge in [-0.15, -0.1) is 0 Å². The number of hydrogen-bond acceptors (Lipinski definition) is 5. The first kappa shape index (κ1) is 22.3. The van der Waals surface area contributed by atoms with Crippen molar-refractivity contribution in [3.8, 4) is 6.07 Å². The molecule has 1 aliphatic heterocycles. The summed E-state index contributed by atoms with van der Waals surface area (Å²) in [6.45, 7) is 6.90. The molecular formula is C24H29FN4O3. The van der Waals surface area contributed by atoms with Crippen LogP contribution in [0.25, 0.3) is 10.9 Å². The van der Waals surface area contributed by atoms with Crippen LogP contribution in [-0.2, 0) is 0 Å². The molecule has 0 bridgehead atoms. The lowest BCUT2D eigenvalue weighted by molar-refractivity contribution is 0.0695. The number of anilines is 1. The maximum absolute atomic E-state index is 15.4. The maximum Gasteiger partial charge on any atom is 0.341 e. The highest BCUT2D eigenvalue weighted by Gasteiger charge is 2.37. The van der Waals surface area contributed by atoms with Gasteiger partial charge in [-0.2, -0.15) is 5.26 Å². The van der Waals surface area contributed by atoms with Crippen LogP contribution in [0.3, 0.4) is 0 Å². The summed E-state index contributed by atoms with van der Waals surface area (Å²) in [6, 6.07) is 3.54. The molecule has 170 valence electrons. The molecule has 1 unspecified atom stereocenters. The fourth-order valence-electron chi connectivity index (χ4n) is 5.17. The summed E-state index contributed by atoms with van der Waals surface area (Å²) in [7, 11) is 2.00. The Labute approximate surface area is 186 Å². The molecule has 2 heterocycles. The Kier molecular flexibility index (Phi) is 5.72. The summed E-state index contributed by atoms with van der Waals surface area (Å²) < 4.78 is 17.3. The number of carbonyl (C=O) groups is 1. The van der Waals surface area contributed by atoms with Gasteiger partial charge in [-0.25, -0.2) is 9.18 Å². The summed E-state index contributed by atoms with van der Waals surface area (Å²) in [6.07, 6.45) is 4.64. The molecule has 2 aromatic rings. The Morgan fingerprint density at radius 3 is 2.78 bits per heavy atom. The van der Waals surface area contributed by atoms with Crippen molar-refractivity contribution < 1.29 is 14.3 Å². The van der Waals surface area contributed by atoms with E-state index in [1.54, 1.807) is 0 Å². The number of nitriles is 1. The van der Waals surface area contributed by atoms with E-state index in [2.05, 4.69) is 22.8 Å². The van der Waals surface area contributed by atoms with Gasteiger partial charge in [0, 0.05) is 50.2 Å². The Bertz CT molecular complexity index is 1180. The topological polar surface area (TPSA) is 89.6 Å². The van der Waals surface area contributed by atoms with Crippen LogP contribution in [0.15, 0.2) is 17.1 Å². The van der Waals surface area contributed by atoms with Crippen LogP contribution in [0.5, 0.6) is 0 Å². The highest BCUT2D eigenvalue weighted by atomic mass is 19.1. The lowest BCUT2D eigenvalue weighted by Gasteiger charge is -2.31. The van der Waals surface area contributed by atoms with Crippen LogP contribution in [0.2, 0.25) is 0 Å². The molecule has 0 spiro atoms. The average Bonchev–Trinajstić information content (AvgIpc) is 3.50. The number of aromatic carboxylic acids is 1. The minimum absolute atomic E-state index is 0.0403. The molecule has 8 heteroatoms. The molecule has 1 N–H and O–H groups in total. The minimum Gasteiger partial charge on any atom is -0.477 e. The maximum atomic E-state index is 15.4.